The lowest BCUT2D eigenvalue weighted by molar-refractivity contribution is -0.133. The first-order valence-corrected chi connectivity index (χ1v) is 7.12. The third kappa shape index (κ3) is 2.34. The SMILES string of the molecule is NC(=O)CN1C(=O)C(c2ccccc2)(c2ccccc2)N=C1N. The summed E-state index contributed by atoms with van der Waals surface area (Å²) in [5.74, 6) is -1.04. The van der Waals surface area contributed by atoms with Crippen LogP contribution in [0.3, 0.4) is 0 Å². The normalized spacial score (nSPS) is 16.3. The molecule has 0 fully saturated rings. The molecular formula is C17H16N4O2. The van der Waals surface area contributed by atoms with Crippen LogP contribution in [0.15, 0.2) is 65.7 Å². The van der Waals surface area contributed by atoms with E-state index >= 15 is 0 Å². The Labute approximate surface area is 133 Å². The van der Waals surface area contributed by atoms with Gasteiger partial charge < -0.3 is 11.5 Å². The summed E-state index contributed by atoms with van der Waals surface area (Å²) in [6.45, 7) is -0.296. The molecule has 2 amide bonds. The summed E-state index contributed by atoms with van der Waals surface area (Å²) in [5, 5.41) is 0. The summed E-state index contributed by atoms with van der Waals surface area (Å²) in [4.78, 5) is 29.9. The molecule has 0 saturated carbocycles. The number of aliphatic imine (C=N–C) groups is 1. The Kier molecular flexibility index (Phi) is 3.57. The molecule has 0 radical (unpaired) electrons. The zero-order valence-electron chi connectivity index (χ0n) is 12.3. The van der Waals surface area contributed by atoms with E-state index in [4.69, 9.17) is 11.5 Å². The van der Waals surface area contributed by atoms with Crippen molar-refractivity contribution in [1.82, 2.24) is 4.90 Å². The van der Waals surface area contributed by atoms with Crippen molar-refractivity contribution in [2.24, 2.45) is 16.5 Å². The topological polar surface area (TPSA) is 102 Å². The molecule has 23 heavy (non-hydrogen) atoms. The lowest BCUT2D eigenvalue weighted by Gasteiger charge is -2.26. The number of nitrogens with zero attached hydrogens (tertiary/aromatic N) is 2. The van der Waals surface area contributed by atoms with Gasteiger partial charge in [0.15, 0.2) is 11.5 Å². The molecule has 1 aliphatic heterocycles. The van der Waals surface area contributed by atoms with E-state index in [1.165, 1.54) is 0 Å². The molecule has 0 aliphatic carbocycles. The van der Waals surface area contributed by atoms with Crippen LogP contribution < -0.4 is 11.5 Å². The largest absolute Gasteiger partial charge is 0.369 e. The Morgan fingerprint density at radius 2 is 1.48 bits per heavy atom. The standard InChI is InChI=1S/C17H16N4O2/c18-14(22)11-21-15(23)17(20-16(21)19,12-7-3-1-4-8-12)13-9-5-2-6-10-13/h1-10H,11H2,(H2,18,22)(H2,19,20). The number of hydrogen-bond acceptors (Lipinski definition) is 4. The highest BCUT2D eigenvalue weighted by Gasteiger charge is 2.50. The van der Waals surface area contributed by atoms with Crippen molar-refractivity contribution in [3.05, 3.63) is 71.8 Å². The monoisotopic (exact) mass is 308 g/mol. The van der Waals surface area contributed by atoms with Crippen molar-refractivity contribution in [3.63, 3.8) is 0 Å². The number of guanidine groups is 1. The second-order valence-corrected chi connectivity index (χ2v) is 5.27. The minimum Gasteiger partial charge on any atom is -0.369 e. The van der Waals surface area contributed by atoms with Crippen LogP contribution in [0.5, 0.6) is 0 Å². The van der Waals surface area contributed by atoms with E-state index in [0.717, 1.165) is 4.90 Å². The predicted molar refractivity (Wildman–Crippen MR) is 86.2 cm³/mol. The van der Waals surface area contributed by atoms with Crippen molar-refractivity contribution in [1.29, 1.82) is 0 Å². The molecule has 0 saturated heterocycles. The Hall–Kier alpha value is -3.15. The first kappa shape index (κ1) is 14.8. The highest BCUT2D eigenvalue weighted by Crippen LogP contribution is 2.39. The lowest BCUT2D eigenvalue weighted by Crippen LogP contribution is -2.47. The minimum absolute atomic E-state index is 0.0125. The maximum absolute atomic E-state index is 13.1. The summed E-state index contributed by atoms with van der Waals surface area (Å²) >= 11 is 0. The molecule has 1 aliphatic rings. The van der Waals surface area contributed by atoms with Gasteiger partial charge in [-0.2, -0.15) is 0 Å². The summed E-state index contributed by atoms with van der Waals surface area (Å²) in [7, 11) is 0. The van der Waals surface area contributed by atoms with Gasteiger partial charge in [-0.3, -0.25) is 14.5 Å². The first-order valence-electron chi connectivity index (χ1n) is 7.12. The van der Waals surface area contributed by atoms with Gasteiger partial charge in [-0.25, -0.2) is 4.99 Å². The van der Waals surface area contributed by atoms with Gasteiger partial charge in [0.2, 0.25) is 5.91 Å². The van der Waals surface area contributed by atoms with Gasteiger partial charge in [-0.15, -0.1) is 0 Å². The van der Waals surface area contributed by atoms with Crippen LogP contribution in [0.2, 0.25) is 0 Å². The van der Waals surface area contributed by atoms with Gasteiger partial charge >= 0.3 is 0 Å². The molecule has 1 heterocycles. The number of carbonyl (C=O) groups is 2. The summed E-state index contributed by atoms with van der Waals surface area (Å²) in [6.07, 6.45) is 0. The van der Waals surface area contributed by atoms with Crippen molar-refractivity contribution < 1.29 is 9.59 Å². The molecule has 4 N–H and O–H groups in total. The summed E-state index contributed by atoms with van der Waals surface area (Å²) in [6, 6.07) is 18.3. The Morgan fingerprint density at radius 1 is 1.00 bits per heavy atom. The quantitative estimate of drug-likeness (QED) is 0.863. The van der Waals surface area contributed by atoms with Crippen LogP contribution in [0.4, 0.5) is 0 Å². The summed E-state index contributed by atoms with van der Waals surface area (Å²) in [5.41, 5.74) is 11.2. The van der Waals surface area contributed by atoms with Crippen LogP contribution in [0.1, 0.15) is 11.1 Å². The van der Waals surface area contributed by atoms with Gasteiger partial charge in [-0.1, -0.05) is 60.7 Å². The van der Waals surface area contributed by atoms with E-state index in [1.807, 2.05) is 60.7 Å². The van der Waals surface area contributed by atoms with Crippen molar-refractivity contribution >= 4 is 17.8 Å². The number of benzene rings is 2. The molecule has 6 heteroatoms. The van der Waals surface area contributed by atoms with Crippen molar-refractivity contribution in [3.8, 4) is 0 Å². The average Bonchev–Trinajstić information content (AvgIpc) is 2.82. The first-order chi connectivity index (χ1) is 11.1. The van der Waals surface area contributed by atoms with E-state index in [-0.39, 0.29) is 18.4 Å². The smallest absolute Gasteiger partial charge is 0.267 e. The average molecular weight is 308 g/mol. The molecule has 0 unspecified atom stereocenters. The van der Waals surface area contributed by atoms with Crippen LogP contribution in [-0.2, 0) is 15.1 Å². The van der Waals surface area contributed by atoms with E-state index in [1.54, 1.807) is 0 Å². The van der Waals surface area contributed by atoms with Gasteiger partial charge in [0.05, 0.1) is 0 Å². The van der Waals surface area contributed by atoms with Gasteiger partial charge in [-0.05, 0) is 11.1 Å². The summed E-state index contributed by atoms with van der Waals surface area (Å²) < 4.78 is 0. The lowest BCUT2D eigenvalue weighted by atomic mass is 9.83. The number of primary amides is 1. The molecular weight excluding hydrogens is 292 g/mol. The van der Waals surface area contributed by atoms with E-state index in [2.05, 4.69) is 4.99 Å². The third-order valence-electron chi connectivity index (χ3n) is 3.81. The highest BCUT2D eigenvalue weighted by molar-refractivity contribution is 6.10. The number of nitrogens with two attached hydrogens (primary N) is 2. The van der Waals surface area contributed by atoms with Crippen LogP contribution >= 0.6 is 0 Å². The molecule has 6 nitrogen and oxygen atoms in total. The van der Waals surface area contributed by atoms with E-state index in [9.17, 15) is 9.59 Å². The zero-order chi connectivity index (χ0) is 16.4. The predicted octanol–water partition coefficient (Wildman–Crippen LogP) is 0.572. The molecule has 116 valence electrons. The molecule has 2 aromatic carbocycles. The number of carbonyl (C=O) groups excluding carboxylic acids is 2. The zero-order valence-corrected chi connectivity index (χ0v) is 12.3. The fraction of sp³-hybridized carbons (Fsp3) is 0.118. The van der Waals surface area contributed by atoms with Gasteiger partial charge in [0.1, 0.15) is 6.54 Å². The second kappa shape index (κ2) is 5.57. The fourth-order valence-corrected chi connectivity index (χ4v) is 2.79. The maximum Gasteiger partial charge on any atom is 0.267 e. The Morgan fingerprint density at radius 3 is 1.91 bits per heavy atom. The van der Waals surface area contributed by atoms with Crippen LogP contribution in [-0.4, -0.2) is 29.2 Å². The molecule has 0 bridgehead atoms. The minimum atomic E-state index is -1.29. The molecule has 0 atom stereocenters. The second-order valence-electron chi connectivity index (χ2n) is 5.27. The van der Waals surface area contributed by atoms with Crippen molar-refractivity contribution in [2.45, 2.75) is 5.54 Å². The fourth-order valence-electron chi connectivity index (χ4n) is 2.79. The number of rotatable bonds is 4. The molecule has 0 spiro atoms. The number of amides is 2. The molecule has 3 rings (SSSR count). The van der Waals surface area contributed by atoms with Gasteiger partial charge in [0.25, 0.3) is 5.91 Å². The maximum atomic E-state index is 13.1. The Balaban J connectivity index is 2.20. The van der Waals surface area contributed by atoms with Crippen molar-refractivity contribution in [2.75, 3.05) is 6.54 Å². The highest BCUT2D eigenvalue weighted by atomic mass is 16.2. The third-order valence-corrected chi connectivity index (χ3v) is 3.81. The van der Waals surface area contributed by atoms with Crippen LogP contribution in [0, 0.1) is 0 Å². The molecule has 0 aromatic heterocycles. The molecule has 2 aromatic rings. The van der Waals surface area contributed by atoms with Crippen LogP contribution in [0.25, 0.3) is 0 Å². The van der Waals surface area contributed by atoms with Gasteiger partial charge in [0, 0.05) is 0 Å². The van der Waals surface area contributed by atoms with E-state index in [0.29, 0.717) is 11.1 Å². The Bertz CT molecular complexity index is 732. The van der Waals surface area contributed by atoms with E-state index < -0.39 is 11.4 Å². The number of hydrogen-bond donors (Lipinski definition) is 2.